The number of amides is 1. The molecule has 3 aliphatic rings. The molecule has 2 aliphatic heterocycles. The van der Waals surface area contributed by atoms with E-state index in [1.807, 2.05) is 6.07 Å². The number of piperidine rings is 1. The summed E-state index contributed by atoms with van der Waals surface area (Å²) in [6.45, 7) is 4.08. The zero-order chi connectivity index (χ0) is 26.2. The number of piperazine rings is 1. The Morgan fingerprint density at radius 3 is 2.84 bits per heavy atom. The van der Waals surface area contributed by atoms with Crippen LogP contribution in [-0.4, -0.2) is 49.6 Å². The molecule has 4 aromatic rings. The van der Waals surface area contributed by atoms with E-state index in [1.165, 1.54) is 23.0 Å². The summed E-state index contributed by atoms with van der Waals surface area (Å²) in [5, 5.41) is 6.82. The lowest BCUT2D eigenvalue weighted by Crippen LogP contribution is -2.24. The average molecular weight is 521 g/mol. The predicted molar refractivity (Wildman–Crippen MR) is 133 cm³/mol. The fraction of sp³-hybridized carbons (Fsp3) is 0.296. The van der Waals surface area contributed by atoms with Crippen LogP contribution in [0.15, 0.2) is 67.1 Å². The van der Waals surface area contributed by atoms with E-state index in [-0.39, 0.29) is 5.69 Å². The van der Waals surface area contributed by atoms with Gasteiger partial charge in [0.1, 0.15) is 12.1 Å². The number of nitrogens with one attached hydrogen (secondary N) is 2. The number of benzene rings is 2. The normalized spacial score (nSPS) is 27.1. The number of anilines is 1. The van der Waals surface area contributed by atoms with Crippen molar-refractivity contribution in [1.82, 2.24) is 24.8 Å². The number of hydrogen-bond acceptors (Lipinski definition) is 6. The molecule has 5 atom stereocenters. The van der Waals surface area contributed by atoms with Gasteiger partial charge in [-0.3, -0.25) is 9.47 Å². The van der Waals surface area contributed by atoms with E-state index in [0.717, 1.165) is 36.3 Å². The Balaban J connectivity index is 1.05. The maximum absolute atomic E-state index is 13.0. The van der Waals surface area contributed by atoms with E-state index in [2.05, 4.69) is 32.4 Å². The standard InChI is InChI=1S/C27H23F3N6O2/c1-15-24-26(15)22(12-31-24)36(26)13-19-11-23(33-14-32-19)38-20-5-6-21-16(9-20)7-8-35(21)25(37)34-18-4-2-3-17(10-18)27(28,29)30/h2-11,14-15,22,24,31H,12-13H2,1H3,(H,34,37)/t15-,22+,24-,26?,36?/m0/s1. The van der Waals surface area contributed by atoms with Gasteiger partial charge in [0.15, 0.2) is 0 Å². The van der Waals surface area contributed by atoms with Crippen LogP contribution in [-0.2, 0) is 12.7 Å². The van der Waals surface area contributed by atoms with Crippen LogP contribution in [0.1, 0.15) is 18.2 Å². The molecule has 0 radical (unpaired) electrons. The molecule has 1 spiro atoms. The van der Waals surface area contributed by atoms with Crippen molar-refractivity contribution in [2.24, 2.45) is 5.92 Å². The molecular formula is C27H23F3N6O2. The van der Waals surface area contributed by atoms with Crippen LogP contribution in [0.5, 0.6) is 11.6 Å². The minimum atomic E-state index is -4.49. The van der Waals surface area contributed by atoms with Crippen molar-refractivity contribution in [3.63, 3.8) is 0 Å². The minimum absolute atomic E-state index is 0.0554. The van der Waals surface area contributed by atoms with Gasteiger partial charge in [0.05, 0.1) is 22.3 Å². The van der Waals surface area contributed by atoms with Gasteiger partial charge in [-0.05, 0) is 48.4 Å². The molecule has 1 aliphatic carbocycles. The number of carbonyl (C=O) groups excluding carboxylic acids is 1. The molecule has 7 rings (SSSR count). The molecule has 0 bridgehead atoms. The van der Waals surface area contributed by atoms with Crippen LogP contribution in [0.4, 0.5) is 23.7 Å². The van der Waals surface area contributed by atoms with Crippen molar-refractivity contribution >= 4 is 22.6 Å². The van der Waals surface area contributed by atoms with E-state index >= 15 is 0 Å². The highest BCUT2D eigenvalue weighted by Crippen LogP contribution is 2.67. The SMILES string of the molecule is C[C@H]1[C@@H]2NC[C@H]3N(Cc4cc(Oc5ccc6c(ccn6C(=O)Nc6cccc(C(F)(F)F)c6)c5)ncn4)C123. The molecule has 1 saturated carbocycles. The highest BCUT2D eigenvalue weighted by molar-refractivity contribution is 5.98. The predicted octanol–water partition coefficient (Wildman–Crippen LogP) is 4.87. The Morgan fingerprint density at radius 1 is 1.18 bits per heavy atom. The topological polar surface area (TPSA) is 84.1 Å². The number of rotatable bonds is 5. The average Bonchev–Trinajstić information content (AvgIpc) is 3.48. The summed E-state index contributed by atoms with van der Waals surface area (Å²) >= 11 is 0. The van der Waals surface area contributed by atoms with Crippen molar-refractivity contribution in [2.45, 2.75) is 37.3 Å². The number of halogens is 3. The van der Waals surface area contributed by atoms with E-state index in [1.54, 1.807) is 30.5 Å². The van der Waals surface area contributed by atoms with Gasteiger partial charge in [0.25, 0.3) is 0 Å². The van der Waals surface area contributed by atoms with Crippen molar-refractivity contribution in [3.8, 4) is 11.6 Å². The van der Waals surface area contributed by atoms with Gasteiger partial charge in [-0.15, -0.1) is 0 Å². The monoisotopic (exact) mass is 520 g/mol. The third-order valence-electron chi connectivity index (χ3n) is 8.06. The molecule has 8 nitrogen and oxygen atoms in total. The van der Waals surface area contributed by atoms with Crippen molar-refractivity contribution < 1.29 is 22.7 Å². The van der Waals surface area contributed by atoms with Crippen molar-refractivity contribution in [1.29, 1.82) is 0 Å². The van der Waals surface area contributed by atoms with E-state index < -0.39 is 17.8 Å². The first kappa shape index (κ1) is 23.2. The Bertz CT molecular complexity index is 1590. The molecule has 2 aromatic heterocycles. The highest BCUT2D eigenvalue weighted by Gasteiger charge is 2.84. The fourth-order valence-corrected chi connectivity index (χ4v) is 6.20. The first-order valence-corrected chi connectivity index (χ1v) is 12.3. The van der Waals surface area contributed by atoms with E-state index in [9.17, 15) is 18.0 Å². The molecule has 3 fully saturated rings. The quantitative estimate of drug-likeness (QED) is 0.366. The number of aromatic nitrogens is 3. The summed E-state index contributed by atoms with van der Waals surface area (Å²) in [6.07, 6.45) is -1.44. The van der Waals surface area contributed by atoms with E-state index in [0.29, 0.717) is 40.7 Å². The lowest BCUT2D eigenvalue weighted by molar-refractivity contribution is -0.137. The van der Waals surface area contributed by atoms with Crippen LogP contribution < -0.4 is 15.4 Å². The molecule has 38 heavy (non-hydrogen) atoms. The number of hydrogen-bond donors (Lipinski definition) is 2. The van der Waals surface area contributed by atoms with Gasteiger partial charge >= 0.3 is 12.2 Å². The molecular weight excluding hydrogens is 497 g/mol. The summed E-state index contributed by atoms with van der Waals surface area (Å²) < 4.78 is 46.3. The van der Waals surface area contributed by atoms with Crippen LogP contribution in [0.3, 0.4) is 0 Å². The third kappa shape index (κ3) is 3.57. The van der Waals surface area contributed by atoms with Crippen LogP contribution >= 0.6 is 0 Å². The molecule has 194 valence electrons. The smallest absolute Gasteiger partial charge is 0.416 e. The van der Waals surface area contributed by atoms with Crippen LogP contribution in [0.25, 0.3) is 10.9 Å². The Kier molecular flexibility index (Phi) is 4.89. The summed E-state index contributed by atoms with van der Waals surface area (Å²) in [4.78, 5) is 24.0. The number of alkyl halides is 3. The van der Waals surface area contributed by atoms with Crippen LogP contribution in [0.2, 0.25) is 0 Å². The van der Waals surface area contributed by atoms with Gasteiger partial charge in [0, 0.05) is 48.5 Å². The molecule has 4 heterocycles. The van der Waals surface area contributed by atoms with Gasteiger partial charge in [-0.1, -0.05) is 13.0 Å². The lowest BCUT2D eigenvalue weighted by Gasteiger charge is -2.11. The maximum Gasteiger partial charge on any atom is 0.416 e. The molecule has 2 N–H and O–H groups in total. The zero-order valence-corrected chi connectivity index (χ0v) is 20.2. The summed E-state index contributed by atoms with van der Waals surface area (Å²) in [5.41, 5.74) is 1.02. The van der Waals surface area contributed by atoms with Crippen molar-refractivity contribution in [2.75, 3.05) is 11.9 Å². The molecule has 2 aromatic carbocycles. The van der Waals surface area contributed by atoms with Gasteiger partial charge < -0.3 is 15.4 Å². The van der Waals surface area contributed by atoms with Crippen LogP contribution in [0, 0.1) is 5.92 Å². The second kappa shape index (κ2) is 8.02. The molecule has 1 amide bonds. The number of nitrogens with zero attached hydrogens (tertiary/aromatic N) is 4. The molecule has 2 saturated heterocycles. The lowest BCUT2D eigenvalue weighted by atomic mass is 10.2. The number of fused-ring (bicyclic) bond motifs is 1. The number of ether oxygens (including phenoxy) is 1. The maximum atomic E-state index is 13.0. The first-order valence-electron chi connectivity index (χ1n) is 12.3. The van der Waals surface area contributed by atoms with Gasteiger partial charge in [-0.25, -0.2) is 14.8 Å². The van der Waals surface area contributed by atoms with Gasteiger partial charge in [-0.2, -0.15) is 13.2 Å². The largest absolute Gasteiger partial charge is 0.439 e. The zero-order valence-electron chi connectivity index (χ0n) is 20.2. The summed E-state index contributed by atoms with van der Waals surface area (Å²) in [5.74, 6) is 1.64. The Morgan fingerprint density at radius 2 is 2.05 bits per heavy atom. The Hall–Kier alpha value is -3.96. The third-order valence-corrected chi connectivity index (χ3v) is 8.06. The molecule has 11 heteroatoms. The first-order chi connectivity index (χ1) is 18.2. The highest BCUT2D eigenvalue weighted by atomic mass is 19.4. The fourth-order valence-electron chi connectivity index (χ4n) is 6.20. The second-order valence-electron chi connectivity index (χ2n) is 10.1. The summed E-state index contributed by atoms with van der Waals surface area (Å²) in [6, 6.07) is 13.9. The van der Waals surface area contributed by atoms with E-state index in [4.69, 9.17) is 4.74 Å². The Labute approximate surface area is 215 Å². The second-order valence-corrected chi connectivity index (χ2v) is 10.1. The molecule has 2 unspecified atom stereocenters. The van der Waals surface area contributed by atoms with Gasteiger partial charge in [0.2, 0.25) is 5.88 Å². The summed E-state index contributed by atoms with van der Waals surface area (Å²) in [7, 11) is 0. The van der Waals surface area contributed by atoms with Crippen molar-refractivity contribution in [3.05, 3.63) is 78.4 Å². The minimum Gasteiger partial charge on any atom is -0.439 e. The number of carbonyl (C=O) groups is 1.